The summed E-state index contributed by atoms with van der Waals surface area (Å²) in [5.41, 5.74) is 3.40. The predicted octanol–water partition coefficient (Wildman–Crippen LogP) is 5.25. The Bertz CT molecular complexity index is 1060. The van der Waals surface area contributed by atoms with Gasteiger partial charge < -0.3 is 9.73 Å². The van der Waals surface area contributed by atoms with Gasteiger partial charge in [-0.25, -0.2) is 4.98 Å². The average molecular weight is 370 g/mol. The first kappa shape index (κ1) is 18.0. The molecule has 0 aliphatic rings. The van der Waals surface area contributed by atoms with Crippen molar-refractivity contribution in [2.75, 3.05) is 6.54 Å². The number of fused-ring (bicyclic) bond motifs is 1. The van der Waals surface area contributed by atoms with Crippen molar-refractivity contribution >= 4 is 16.8 Å². The zero-order valence-electron chi connectivity index (χ0n) is 15.6. The molecule has 2 heterocycles. The van der Waals surface area contributed by atoms with E-state index in [2.05, 4.69) is 34.6 Å². The molecule has 0 atom stereocenters. The highest BCUT2D eigenvalue weighted by Crippen LogP contribution is 2.25. The van der Waals surface area contributed by atoms with Crippen molar-refractivity contribution in [3.8, 4) is 11.5 Å². The fourth-order valence-corrected chi connectivity index (χ4v) is 3.31. The highest BCUT2D eigenvalue weighted by Gasteiger charge is 2.14. The number of hydrogen-bond donors (Lipinski definition) is 1. The zero-order chi connectivity index (χ0) is 19.2. The minimum Gasteiger partial charge on any atom is -0.463 e. The van der Waals surface area contributed by atoms with Crippen LogP contribution in [0.25, 0.3) is 22.4 Å². The first-order valence-electron chi connectivity index (χ1n) is 9.57. The van der Waals surface area contributed by atoms with Gasteiger partial charge in [-0.1, -0.05) is 48.5 Å². The van der Waals surface area contributed by atoms with Crippen molar-refractivity contribution in [3.05, 3.63) is 90.2 Å². The molecule has 1 N–H and O–H groups in total. The van der Waals surface area contributed by atoms with E-state index in [-0.39, 0.29) is 5.91 Å². The van der Waals surface area contributed by atoms with E-state index in [0.717, 1.165) is 30.2 Å². The van der Waals surface area contributed by atoms with Gasteiger partial charge in [0.15, 0.2) is 5.76 Å². The van der Waals surface area contributed by atoms with Gasteiger partial charge in [-0.15, -0.1) is 0 Å². The highest BCUT2D eigenvalue weighted by molar-refractivity contribution is 6.07. The zero-order valence-corrected chi connectivity index (χ0v) is 15.6. The van der Waals surface area contributed by atoms with Gasteiger partial charge in [0, 0.05) is 11.9 Å². The largest absolute Gasteiger partial charge is 0.463 e. The van der Waals surface area contributed by atoms with Crippen molar-refractivity contribution in [1.29, 1.82) is 0 Å². The van der Waals surface area contributed by atoms with Crippen molar-refractivity contribution in [1.82, 2.24) is 10.3 Å². The number of rotatable bonds is 7. The Hall–Kier alpha value is -3.40. The van der Waals surface area contributed by atoms with Crippen LogP contribution in [-0.2, 0) is 6.42 Å². The third-order valence-electron chi connectivity index (χ3n) is 4.76. The molecule has 4 nitrogen and oxygen atoms in total. The summed E-state index contributed by atoms with van der Waals surface area (Å²) in [6.07, 6.45) is 4.62. The van der Waals surface area contributed by atoms with Gasteiger partial charge >= 0.3 is 0 Å². The van der Waals surface area contributed by atoms with Gasteiger partial charge in [0.2, 0.25) is 0 Å². The van der Waals surface area contributed by atoms with Gasteiger partial charge in [0.1, 0.15) is 5.69 Å². The predicted molar refractivity (Wildman–Crippen MR) is 111 cm³/mol. The van der Waals surface area contributed by atoms with Crippen LogP contribution in [0.1, 0.15) is 28.8 Å². The van der Waals surface area contributed by atoms with Gasteiger partial charge in [0.05, 0.1) is 17.3 Å². The number of furan rings is 1. The normalized spacial score (nSPS) is 10.9. The van der Waals surface area contributed by atoms with Crippen LogP contribution in [0.4, 0.5) is 0 Å². The van der Waals surface area contributed by atoms with Crippen LogP contribution < -0.4 is 5.32 Å². The fraction of sp³-hybridized carbons (Fsp3) is 0.167. The molecule has 4 heteroatoms. The molecule has 0 saturated heterocycles. The Balaban J connectivity index is 1.44. The number of carbonyl (C=O) groups excluding carboxylic acids is 1. The number of para-hydroxylation sites is 1. The van der Waals surface area contributed by atoms with Gasteiger partial charge in [-0.3, -0.25) is 4.79 Å². The molecule has 0 spiro atoms. The Morgan fingerprint density at radius 3 is 2.57 bits per heavy atom. The molecule has 28 heavy (non-hydrogen) atoms. The van der Waals surface area contributed by atoms with E-state index in [4.69, 9.17) is 4.42 Å². The maximum absolute atomic E-state index is 12.8. The lowest BCUT2D eigenvalue weighted by atomic mass is 10.1. The third-order valence-corrected chi connectivity index (χ3v) is 4.76. The lowest BCUT2D eigenvalue weighted by Gasteiger charge is -2.10. The van der Waals surface area contributed by atoms with Gasteiger partial charge in [0.25, 0.3) is 5.91 Å². The second kappa shape index (κ2) is 8.53. The summed E-state index contributed by atoms with van der Waals surface area (Å²) in [6.45, 7) is 0.651. The van der Waals surface area contributed by atoms with E-state index in [1.165, 1.54) is 5.56 Å². The number of amides is 1. The molecule has 0 aliphatic heterocycles. The van der Waals surface area contributed by atoms with Crippen LogP contribution in [0.2, 0.25) is 0 Å². The number of carbonyl (C=O) groups is 1. The minimum absolute atomic E-state index is 0.0777. The molecule has 2 aromatic heterocycles. The fourth-order valence-electron chi connectivity index (χ4n) is 3.31. The molecule has 4 rings (SSSR count). The Kier molecular flexibility index (Phi) is 5.48. The maximum Gasteiger partial charge on any atom is 0.252 e. The van der Waals surface area contributed by atoms with Crippen molar-refractivity contribution in [2.24, 2.45) is 0 Å². The highest BCUT2D eigenvalue weighted by atomic mass is 16.3. The lowest BCUT2D eigenvalue weighted by molar-refractivity contribution is 0.0954. The lowest BCUT2D eigenvalue weighted by Crippen LogP contribution is -2.25. The number of aromatic nitrogens is 1. The van der Waals surface area contributed by atoms with Crippen LogP contribution in [0.15, 0.2) is 83.5 Å². The van der Waals surface area contributed by atoms with Crippen LogP contribution >= 0.6 is 0 Å². The summed E-state index contributed by atoms with van der Waals surface area (Å²) in [5, 5.41) is 3.90. The Labute approximate surface area is 164 Å². The Morgan fingerprint density at radius 1 is 0.929 bits per heavy atom. The Morgan fingerprint density at radius 2 is 1.75 bits per heavy atom. The van der Waals surface area contributed by atoms with Crippen LogP contribution in [0.3, 0.4) is 0 Å². The molecule has 0 saturated carbocycles. The maximum atomic E-state index is 12.8. The molecule has 0 aliphatic carbocycles. The molecule has 140 valence electrons. The topological polar surface area (TPSA) is 55.1 Å². The van der Waals surface area contributed by atoms with E-state index < -0.39 is 0 Å². The van der Waals surface area contributed by atoms with Crippen molar-refractivity contribution in [3.63, 3.8) is 0 Å². The molecule has 2 aromatic carbocycles. The minimum atomic E-state index is -0.0777. The van der Waals surface area contributed by atoms with Crippen molar-refractivity contribution in [2.45, 2.75) is 19.3 Å². The standard InChI is InChI=1S/C24H22N2O2/c27-24(25-15-7-6-11-18-9-2-1-3-10-18)20-17-22(23-14-8-16-28-23)26-21-13-5-4-12-19(20)21/h1-5,8-10,12-14,16-17H,6-7,11,15H2,(H,25,27). The molecule has 0 bridgehead atoms. The molecular weight excluding hydrogens is 348 g/mol. The molecule has 0 radical (unpaired) electrons. The summed E-state index contributed by atoms with van der Waals surface area (Å²) < 4.78 is 5.46. The van der Waals surface area contributed by atoms with Crippen molar-refractivity contribution < 1.29 is 9.21 Å². The number of benzene rings is 2. The molecule has 1 amide bonds. The molecule has 0 fully saturated rings. The number of nitrogens with one attached hydrogen (secondary N) is 1. The van der Waals surface area contributed by atoms with E-state index in [0.29, 0.717) is 23.6 Å². The van der Waals surface area contributed by atoms with Gasteiger partial charge in [-0.05, 0) is 49.1 Å². The number of hydrogen-bond acceptors (Lipinski definition) is 3. The van der Waals surface area contributed by atoms with E-state index in [9.17, 15) is 4.79 Å². The first-order valence-corrected chi connectivity index (χ1v) is 9.57. The van der Waals surface area contributed by atoms with E-state index in [1.54, 1.807) is 12.3 Å². The summed E-state index contributed by atoms with van der Waals surface area (Å²) >= 11 is 0. The van der Waals surface area contributed by atoms with E-state index >= 15 is 0 Å². The molecular formula is C24H22N2O2. The molecule has 0 unspecified atom stereocenters. The molecule has 4 aromatic rings. The second-order valence-corrected chi connectivity index (χ2v) is 6.75. The monoisotopic (exact) mass is 370 g/mol. The SMILES string of the molecule is O=C(NCCCCc1ccccc1)c1cc(-c2ccco2)nc2ccccc12. The third kappa shape index (κ3) is 4.12. The first-order chi connectivity index (χ1) is 13.8. The van der Waals surface area contributed by atoms with Gasteiger partial charge in [-0.2, -0.15) is 0 Å². The van der Waals surface area contributed by atoms with Crippen LogP contribution in [-0.4, -0.2) is 17.4 Å². The summed E-state index contributed by atoms with van der Waals surface area (Å²) in [6, 6.07) is 23.6. The quantitative estimate of drug-likeness (QED) is 0.452. The number of nitrogens with zero attached hydrogens (tertiary/aromatic N) is 1. The van der Waals surface area contributed by atoms with E-state index in [1.807, 2.05) is 42.5 Å². The number of aryl methyl sites for hydroxylation is 1. The van der Waals surface area contributed by atoms with Crippen LogP contribution in [0.5, 0.6) is 0 Å². The summed E-state index contributed by atoms with van der Waals surface area (Å²) in [5.74, 6) is 0.578. The average Bonchev–Trinajstić information content (AvgIpc) is 3.28. The summed E-state index contributed by atoms with van der Waals surface area (Å²) in [7, 11) is 0. The summed E-state index contributed by atoms with van der Waals surface area (Å²) in [4.78, 5) is 17.5. The smallest absolute Gasteiger partial charge is 0.252 e. The van der Waals surface area contributed by atoms with Crippen LogP contribution in [0, 0.1) is 0 Å². The number of pyridine rings is 1. The number of unbranched alkanes of at least 4 members (excludes halogenated alkanes) is 1. The second-order valence-electron chi connectivity index (χ2n) is 6.75.